The summed E-state index contributed by atoms with van der Waals surface area (Å²) in [6, 6.07) is 13.0. The fraction of sp³-hybridized carbons (Fsp3) is 0.320. The monoisotopic (exact) mass is 494 g/mol. The van der Waals surface area contributed by atoms with Crippen LogP contribution in [0, 0.1) is 0 Å². The molecule has 0 fully saturated rings. The van der Waals surface area contributed by atoms with E-state index in [9.17, 15) is 18.0 Å². The van der Waals surface area contributed by atoms with Gasteiger partial charge in [0.05, 0.1) is 41.0 Å². The van der Waals surface area contributed by atoms with Crippen LogP contribution in [0.25, 0.3) is 0 Å². The van der Waals surface area contributed by atoms with Crippen LogP contribution in [0.4, 0.5) is 5.82 Å². The zero-order chi connectivity index (χ0) is 25.2. The van der Waals surface area contributed by atoms with Gasteiger partial charge in [-0.3, -0.25) is 9.59 Å². The number of hydrogen-bond acceptors (Lipinski definition) is 8. The van der Waals surface area contributed by atoms with E-state index in [1.165, 1.54) is 19.2 Å². The van der Waals surface area contributed by atoms with Gasteiger partial charge >= 0.3 is 0 Å². The van der Waals surface area contributed by atoms with Gasteiger partial charge in [0.2, 0.25) is 11.8 Å². The predicted octanol–water partition coefficient (Wildman–Crippen LogP) is 2.94. The Bertz CT molecular complexity index is 1370. The van der Waals surface area contributed by atoms with Crippen molar-refractivity contribution in [3.05, 3.63) is 71.0 Å². The first kappa shape index (κ1) is 24.5. The number of carbonyl (C=O) groups is 2. The number of amides is 1. The molecule has 9 nitrogen and oxygen atoms in total. The first-order chi connectivity index (χ1) is 16.7. The second kappa shape index (κ2) is 9.53. The van der Waals surface area contributed by atoms with Crippen LogP contribution in [0.1, 0.15) is 47.6 Å². The number of nitrogens with one attached hydrogen (secondary N) is 1. The highest BCUT2D eigenvalue weighted by Gasteiger charge is 2.42. The molecule has 1 amide bonds. The molecule has 1 aliphatic rings. The summed E-state index contributed by atoms with van der Waals surface area (Å²) in [7, 11) is -1.78. The van der Waals surface area contributed by atoms with Crippen molar-refractivity contribution in [2.75, 3.05) is 18.2 Å². The van der Waals surface area contributed by atoms with Crippen LogP contribution in [0.2, 0.25) is 0 Å². The van der Waals surface area contributed by atoms with E-state index in [-0.39, 0.29) is 28.8 Å². The summed E-state index contributed by atoms with van der Waals surface area (Å²) in [6.07, 6.45) is 1.12. The van der Waals surface area contributed by atoms with E-state index < -0.39 is 15.3 Å². The van der Waals surface area contributed by atoms with Crippen LogP contribution >= 0.6 is 0 Å². The molecule has 0 spiro atoms. The fourth-order valence-electron chi connectivity index (χ4n) is 4.07. The van der Waals surface area contributed by atoms with E-state index in [4.69, 9.17) is 4.74 Å². The van der Waals surface area contributed by atoms with Gasteiger partial charge in [0.25, 0.3) is 0 Å². The minimum atomic E-state index is -3.29. The van der Waals surface area contributed by atoms with Crippen LogP contribution in [0.5, 0.6) is 5.88 Å². The Kier molecular flexibility index (Phi) is 6.66. The largest absolute Gasteiger partial charge is 0.480 e. The van der Waals surface area contributed by atoms with Crippen molar-refractivity contribution < 1.29 is 22.7 Å². The topological polar surface area (TPSA) is 128 Å². The number of anilines is 1. The summed E-state index contributed by atoms with van der Waals surface area (Å²) in [6.45, 7) is 3.44. The molecule has 1 N–H and O–H groups in total. The molecule has 0 bridgehead atoms. The SMILES string of the molecule is CCS(=O)(=O)c1ccc(CC(=O)Nc2ccc3c(n2)CCC(C)(c2ccc(OC)nn2)C3=O)cc1. The molecule has 0 radical (unpaired) electrons. The average molecular weight is 495 g/mol. The Morgan fingerprint density at radius 1 is 1.09 bits per heavy atom. The van der Waals surface area contributed by atoms with Crippen molar-refractivity contribution in [2.24, 2.45) is 0 Å². The van der Waals surface area contributed by atoms with Gasteiger partial charge in [0, 0.05) is 11.6 Å². The number of methoxy groups -OCH3 is 1. The second-order valence-corrected chi connectivity index (χ2v) is 10.9. The summed E-state index contributed by atoms with van der Waals surface area (Å²) < 4.78 is 28.9. The third kappa shape index (κ3) is 4.93. The number of pyridine rings is 1. The van der Waals surface area contributed by atoms with Crippen LogP contribution in [-0.4, -0.2) is 48.2 Å². The molecule has 1 atom stereocenters. The molecule has 0 aliphatic heterocycles. The number of carbonyl (C=O) groups excluding carboxylic acids is 2. The molecule has 2 heterocycles. The summed E-state index contributed by atoms with van der Waals surface area (Å²) in [4.78, 5) is 30.6. The first-order valence-electron chi connectivity index (χ1n) is 11.2. The molecule has 182 valence electrons. The number of sulfone groups is 1. The van der Waals surface area contributed by atoms with Crippen LogP contribution in [0.15, 0.2) is 53.4 Å². The van der Waals surface area contributed by atoms with Crippen molar-refractivity contribution in [3.63, 3.8) is 0 Å². The Balaban J connectivity index is 1.46. The number of benzene rings is 1. The van der Waals surface area contributed by atoms with E-state index in [0.29, 0.717) is 47.1 Å². The number of ketones is 1. The highest BCUT2D eigenvalue weighted by Crippen LogP contribution is 2.37. The van der Waals surface area contributed by atoms with E-state index in [1.807, 2.05) is 6.92 Å². The van der Waals surface area contributed by atoms with Gasteiger partial charge < -0.3 is 10.1 Å². The molecule has 1 aromatic carbocycles. The van der Waals surface area contributed by atoms with E-state index in [1.54, 1.807) is 43.3 Å². The fourth-order valence-corrected chi connectivity index (χ4v) is 4.95. The average Bonchev–Trinajstić information content (AvgIpc) is 2.86. The van der Waals surface area contributed by atoms with E-state index >= 15 is 0 Å². The lowest BCUT2D eigenvalue weighted by molar-refractivity contribution is -0.115. The van der Waals surface area contributed by atoms with Gasteiger partial charge in [-0.25, -0.2) is 13.4 Å². The number of Topliss-reactive ketones (excluding diaryl/α,β-unsaturated/α-hetero) is 1. The van der Waals surface area contributed by atoms with Crippen molar-refractivity contribution in [1.82, 2.24) is 15.2 Å². The molecule has 10 heteroatoms. The lowest BCUT2D eigenvalue weighted by atomic mass is 9.71. The minimum Gasteiger partial charge on any atom is -0.480 e. The summed E-state index contributed by atoms with van der Waals surface area (Å²) >= 11 is 0. The number of aryl methyl sites for hydroxylation is 1. The van der Waals surface area contributed by atoms with E-state index in [0.717, 1.165) is 0 Å². The van der Waals surface area contributed by atoms with E-state index in [2.05, 4.69) is 20.5 Å². The van der Waals surface area contributed by atoms with Gasteiger partial charge in [0.1, 0.15) is 5.82 Å². The van der Waals surface area contributed by atoms with Crippen LogP contribution < -0.4 is 10.1 Å². The van der Waals surface area contributed by atoms with Gasteiger partial charge in [-0.1, -0.05) is 19.1 Å². The highest BCUT2D eigenvalue weighted by atomic mass is 32.2. The Labute approximate surface area is 203 Å². The van der Waals surface area contributed by atoms with Crippen LogP contribution in [0.3, 0.4) is 0 Å². The quantitative estimate of drug-likeness (QED) is 0.531. The smallest absolute Gasteiger partial charge is 0.233 e. The Hall–Kier alpha value is -3.66. The molecule has 4 rings (SSSR count). The lowest BCUT2D eigenvalue weighted by Gasteiger charge is -2.32. The molecule has 1 aliphatic carbocycles. The standard InChI is InChI=1S/C25H26N4O5S/c1-4-35(32,33)17-7-5-16(6-8-17)15-22(30)27-21-11-9-18-19(26-21)13-14-25(2,24(18)31)20-10-12-23(34-3)29-28-20/h5-12H,4,13-15H2,1-3H3,(H,26,27,30). The Morgan fingerprint density at radius 3 is 2.46 bits per heavy atom. The third-order valence-electron chi connectivity index (χ3n) is 6.29. The highest BCUT2D eigenvalue weighted by molar-refractivity contribution is 7.91. The summed E-state index contributed by atoms with van der Waals surface area (Å²) in [5, 5.41) is 10.9. The van der Waals surface area contributed by atoms with Crippen LogP contribution in [-0.2, 0) is 32.9 Å². The second-order valence-electron chi connectivity index (χ2n) is 8.59. The molecular weight excluding hydrogens is 468 g/mol. The molecule has 0 saturated heterocycles. The number of rotatable bonds is 7. The number of hydrogen-bond donors (Lipinski definition) is 1. The van der Waals surface area contributed by atoms with Crippen molar-refractivity contribution in [1.29, 1.82) is 0 Å². The predicted molar refractivity (Wildman–Crippen MR) is 129 cm³/mol. The van der Waals surface area contributed by atoms with Crippen molar-refractivity contribution in [2.45, 2.75) is 43.4 Å². The van der Waals surface area contributed by atoms with Gasteiger partial charge in [-0.2, -0.15) is 5.10 Å². The van der Waals surface area contributed by atoms with Gasteiger partial charge in [-0.15, -0.1) is 5.10 Å². The Morgan fingerprint density at radius 2 is 1.83 bits per heavy atom. The molecular formula is C25H26N4O5S. The molecule has 3 aromatic rings. The number of nitrogens with zero attached hydrogens (tertiary/aromatic N) is 3. The van der Waals surface area contributed by atoms with Gasteiger partial charge in [0.15, 0.2) is 15.6 Å². The van der Waals surface area contributed by atoms with Crippen molar-refractivity contribution >= 4 is 27.3 Å². The molecule has 0 saturated carbocycles. The number of ether oxygens (including phenoxy) is 1. The molecule has 2 aromatic heterocycles. The first-order valence-corrected chi connectivity index (χ1v) is 12.9. The zero-order valence-corrected chi connectivity index (χ0v) is 20.6. The maximum atomic E-state index is 13.3. The van der Waals surface area contributed by atoms with Gasteiger partial charge in [-0.05, 0) is 55.7 Å². The summed E-state index contributed by atoms with van der Waals surface area (Å²) in [5.74, 6) is 0.380. The third-order valence-corrected chi connectivity index (χ3v) is 8.04. The molecule has 35 heavy (non-hydrogen) atoms. The normalized spacial score (nSPS) is 17.5. The lowest BCUT2D eigenvalue weighted by Crippen LogP contribution is -2.38. The number of fused-ring (bicyclic) bond motifs is 1. The minimum absolute atomic E-state index is 0.0198. The maximum absolute atomic E-state index is 13.3. The molecule has 1 unspecified atom stereocenters. The zero-order valence-electron chi connectivity index (χ0n) is 19.7. The maximum Gasteiger partial charge on any atom is 0.233 e. The van der Waals surface area contributed by atoms with Crippen molar-refractivity contribution in [3.8, 4) is 5.88 Å². The number of aromatic nitrogens is 3. The summed E-state index contributed by atoms with van der Waals surface area (Å²) in [5.41, 5.74) is 1.56.